The van der Waals surface area contributed by atoms with Crippen molar-refractivity contribution in [3.05, 3.63) is 57.6 Å². The molecular weight excluding hydrogens is 420 g/mol. The second-order valence-electron chi connectivity index (χ2n) is 8.15. The van der Waals surface area contributed by atoms with Crippen molar-refractivity contribution >= 4 is 11.6 Å². The van der Waals surface area contributed by atoms with Crippen LogP contribution in [0.2, 0.25) is 5.02 Å². The minimum absolute atomic E-state index is 0.111. The van der Waals surface area contributed by atoms with Crippen molar-refractivity contribution in [3.8, 4) is 11.5 Å². The molecule has 2 aliphatic rings. The summed E-state index contributed by atoms with van der Waals surface area (Å²) in [6, 6.07) is 9.90. The lowest BCUT2D eigenvalue weighted by atomic mass is 9.89. The fraction of sp³-hybridized carbons (Fsp3) is 0.500. The molecule has 31 heavy (non-hydrogen) atoms. The van der Waals surface area contributed by atoms with Crippen molar-refractivity contribution in [1.82, 2.24) is 0 Å². The largest absolute Gasteiger partial charge is 0.494 e. The average Bonchev–Trinajstić information content (AvgIpc) is 3.27. The van der Waals surface area contributed by atoms with Gasteiger partial charge in [-0.1, -0.05) is 29.8 Å². The number of hydrogen-bond donors (Lipinski definition) is 3. The van der Waals surface area contributed by atoms with Gasteiger partial charge < -0.3 is 29.5 Å². The van der Waals surface area contributed by atoms with Crippen LogP contribution in [-0.2, 0) is 17.6 Å². The first-order valence-electron chi connectivity index (χ1n) is 10.8. The van der Waals surface area contributed by atoms with Gasteiger partial charge in [0.05, 0.1) is 43.2 Å². The van der Waals surface area contributed by atoms with Gasteiger partial charge in [-0.05, 0) is 35.2 Å². The summed E-state index contributed by atoms with van der Waals surface area (Å²) in [6.07, 6.45) is 1.74. The molecule has 0 unspecified atom stereocenters. The fourth-order valence-corrected chi connectivity index (χ4v) is 4.60. The first-order valence-corrected chi connectivity index (χ1v) is 11.2. The zero-order valence-corrected chi connectivity index (χ0v) is 18.2. The molecule has 2 heterocycles. The van der Waals surface area contributed by atoms with E-state index in [9.17, 15) is 10.2 Å². The summed E-state index contributed by atoms with van der Waals surface area (Å²) in [4.78, 5) is 0. The summed E-state index contributed by atoms with van der Waals surface area (Å²) in [5.41, 5.74) is 4.05. The Morgan fingerprint density at radius 1 is 1.13 bits per heavy atom. The molecule has 0 aromatic heterocycles. The van der Waals surface area contributed by atoms with E-state index in [2.05, 4.69) is 6.07 Å². The molecular formula is C24H29ClO6. The molecule has 1 fully saturated rings. The van der Waals surface area contributed by atoms with Gasteiger partial charge in [0.2, 0.25) is 0 Å². The van der Waals surface area contributed by atoms with Gasteiger partial charge in [0.25, 0.3) is 0 Å². The Kier molecular flexibility index (Phi) is 7.35. The van der Waals surface area contributed by atoms with Crippen LogP contribution in [0, 0.1) is 0 Å². The third kappa shape index (κ3) is 5.16. The number of aliphatic hydroxyl groups excluding tert-OH is 3. The van der Waals surface area contributed by atoms with Gasteiger partial charge in [-0.15, -0.1) is 0 Å². The van der Waals surface area contributed by atoms with Crippen LogP contribution < -0.4 is 9.47 Å². The van der Waals surface area contributed by atoms with Gasteiger partial charge in [0, 0.05) is 37.9 Å². The van der Waals surface area contributed by atoms with Crippen LogP contribution in [0.15, 0.2) is 30.3 Å². The van der Waals surface area contributed by atoms with E-state index in [0.29, 0.717) is 49.7 Å². The normalized spacial score (nSPS) is 22.8. The SMILES string of the molecule is OCCCOc1ccc(Cc2cc([C@H]3C[C@@H](O)C[C@@H](CO)O3)c3c(c2Cl)OCC3)cc1. The van der Waals surface area contributed by atoms with E-state index in [4.69, 9.17) is 30.9 Å². The smallest absolute Gasteiger partial charge is 0.141 e. The lowest BCUT2D eigenvalue weighted by Crippen LogP contribution is -2.33. The van der Waals surface area contributed by atoms with Crippen LogP contribution in [0.4, 0.5) is 0 Å². The predicted octanol–water partition coefficient (Wildman–Crippen LogP) is 3.20. The number of benzene rings is 2. The van der Waals surface area contributed by atoms with Gasteiger partial charge in [0.1, 0.15) is 11.5 Å². The molecule has 0 bridgehead atoms. The van der Waals surface area contributed by atoms with Gasteiger partial charge in [-0.25, -0.2) is 0 Å². The van der Waals surface area contributed by atoms with Gasteiger partial charge >= 0.3 is 0 Å². The maximum absolute atomic E-state index is 10.3. The molecule has 0 aliphatic carbocycles. The van der Waals surface area contributed by atoms with Crippen LogP contribution in [-0.4, -0.2) is 54.0 Å². The summed E-state index contributed by atoms with van der Waals surface area (Å²) in [5.74, 6) is 1.48. The zero-order chi connectivity index (χ0) is 21.8. The van der Waals surface area contributed by atoms with Gasteiger partial charge in [-0.3, -0.25) is 0 Å². The number of aliphatic hydroxyl groups is 3. The molecule has 3 N–H and O–H groups in total. The number of halogens is 1. The summed E-state index contributed by atoms with van der Waals surface area (Å²) in [6.45, 7) is 1.05. The Bertz CT molecular complexity index is 885. The highest BCUT2D eigenvalue weighted by Crippen LogP contribution is 2.44. The highest BCUT2D eigenvalue weighted by atomic mass is 35.5. The van der Waals surface area contributed by atoms with Crippen LogP contribution >= 0.6 is 11.6 Å². The minimum Gasteiger partial charge on any atom is -0.494 e. The predicted molar refractivity (Wildman–Crippen MR) is 117 cm³/mol. The monoisotopic (exact) mass is 448 g/mol. The number of rotatable bonds is 8. The van der Waals surface area contributed by atoms with E-state index in [1.54, 1.807) is 0 Å². The van der Waals surface area contributed by atoms with Crippen molar-refractivity contribution in [2.24, 2.45) is 0 Å². The first kappa shape index (κ1) is 22.4. The number of ether oxygens (including phenoxy) is 3. The van der Waals surface area contributed by atoms with Crippen LogP contribution in [0.25, 0.3) is 0 Å². The highest BCUT2D eigenvalue weighted by molar-refractivity contribution is 6.33. The molecule has 7 heteroatoms. The number of fused-ring (bicyclic) bond motifs is 1. The van der Waals surface area contributed by atoms with Crippen molar-refractivity contribution in [2.75, 3.05) is 26.4 Å². The molecule has 0 saturated carbocycles. The maximum atomic E-state index is 10.3. The molecule has 0 spiro atoms. The topological polar surface area (TPSA) is 88.4 Å². The highest BCUT2D eigenvalue weighted by Gasteiger charge is 2.33. The summed E-state index contributed by atoms with van der Waals surface area (Å²) < 4.78 is 17.5. The van der Waals surface area contributed by atoms with Crippen molar-refractivity contribution in [3.63, 3.8) is 0 Å². The lowest BCUT2D eigenvalue weighted by molar-refractivity contribution is -0.114. The second kappa shape index (κ2) is 10.2. The van der Waals surface area contributed by atoms with E-state index in [0.717, 1.165) is 34.4 Å². The maximum Gasteiger partial charge on any atom is 0.141 e. The molecule has 3 atom stereocenters. The Morgan fingerprint density at radius 2 is 1.94 bits per heavy atom. The zero-order valence-electron chi connectivity index (χ0n) is 17.4. The molecule has 1 saturated heterocycles. The lowest BCUT2D eigenvalue weighted by Gasteiger charge is -2.33. The van der Waals surface area contributed by atoms with Crippen molar-refractivity contribution < 1.29 is 29.5 Å². The molecule has 2 aromatic rings. The first-order chi connectivity index (χ1) is 15.1. The van der Waals surface area contributed by atoms with Crippen LogP contribution in [0.1, 0.15) is 47.6 Å². The third-order valence-corrected chi connectivity index (χ3v) is 6.26. The summed E-state index contributed by atoms with van der Waals surface area (Å²) in [7, 11) is 0. The molecule has 4 rings (SSSR count). The second-order valence-corrected chi connectivity index (χ2v) is 8.52. The van der Waals surface area contributed by atoms with Crippen LogP contribution in [0.5, 0.6) is 11.5 Å². The van der Waals surface area contributed by atoms with Crippen molar-refractivity contribution in [1.29, 1.82) is 0 Å². The Morgan fingerprint density at radius 3 is 2.68 bits per heavy atom. The molecule has 0 amide bonds. The van der Waals surface area contributed by atoms with Crippen molar-refractivity contribution in [2.45, 2.75) is 50.4 Å². The Hall–Kier alpha value is -1.83. The van der Waals surface area contributed by atoms with E-state index < -0.39 is 6.10 Å². The van der Waals surface area contributed by atoms with E-state index in [1.165, 1.54) is 0 Å². The Balaban J connectivity index is 1.58. The molecule has 168 valence electrons. The minimum atomic E-state index is -0.508. The quantitative estimate of drug-likeness (QED) is 0.537. The van der Waals surface area contributed by atoms with Crippen LogP contribution in [0.3, 0.4) is 0 Å². The van der Waals surface area contributed by atoms with E-state index >= 15 is 0 Å². The Labute approximate surface area is 187 Å². The summed E-state index contributed by atoms with van der Waals surface area (Å²) in [5, 5.41) is 29.3. The third-order valence-electron chi connectivity index (χ3n) is 5.85. The molecule has 6 nitrogen and oxygen atoms in total. The molecule has 2 aromatic carbocycles. The number of hydrogen-bond acceptors (Lipinski definition) is 6. The molecule has 2 aliphatic heterocycles. The molecule has 0 radical (unpaired) electrons. The van der Waals surface area contributed by atoms with E-state index in [1.807, 2.05) is 24.3 Å². The average molecular weight is 449 g/mol. The van der Waals surface area contributed by atoms with Gasteiger partial charge in [0.15, 0.2) is 0 Å². The van der Waals surface area contributed by atoms with E-state index in [-0.39, 0.29) is 25.4 Å². The standard InChI is InChI=1S/C24H29ClO6/c25-23-16(10-15-2-4-18(5-3-15)29-8-1-7-26)11-21(20-6-9-30-24(20)23)22-13-17(28)12-19(14-27)31-22/h2-5,11,17,19,22,26-28H,1,6-10,12-14H2/t17-,19-,22+/m0/s1. The fourth-order valence-electron chi connectivity index (χ4n) is 4.31. The summed E-state index contributed by atoms with van der Waals surface area (Å²) >= 11 is 6.71. The van der Waals surface area contributed by atoms with Gasteiger partial charge in [-0.2, -0.15) is 0 Å².